The highest BCUT2D eigenvalue weighted by molar-refractivity contribution is 7.98. The fourth-order valence-electron chi connectivity index (χ4n) is 1.88. The molecule has 0 fully saturated rings. The zero-order valence-electron chi connectivity index (χ0n) is 14.8. The minimum Gasteiger partial charge on any atom is -0.356 e. The van der Waals surface area contributed by atoms with Gasteiger partial charge in [0.1, 0.15) is 5.82 Å². The minimum absolute atomic E-state index is 0.0480. The van der Waals surface area contributed by atoms with Gasteiger partial charge in [-0.05, 0) is 24.0 Å². The fourth-order valence-corrected chi connectivity index (χ4v) is 2.18. The highest BCUT2D eigenvalue weighted by Crippen LogP contribution is 2.32. The highest BCUT2D eigenvalue weighted by atomic mass is 32.2. The molecule has 0 bridgehead atoms. The average molecular weight is 394 g/mol. The minimum atomic E-state index is -4.67. The molecule has 0 radical (unpaired) electrons. The summed E-state index contributed by atoms with van der Waals surface area (Å²) in [4.78, 5) is 17.1. The van der Waals surface area contributed by atoms with Gasteiger partial charge in [0, 0.05) is 26.4 Å². The van der Waals surface area contributed by atoms with Crippen LogP contribution in [-0.4, -0.2) is 56.0 Å². The molecule has 0 saturated carbocycles. The highest BCUT2D eigenvalue weighted by Gasteiger charge is 2.33. The lowest BCUT2D eigenvalue weighted by Crippen LogP contribution is -2.43. The zero-order chi connectivity index (χ0) is 19.7. The van der Waals surface area contributed by atoms with Crippen LogP contribution in [0.2, 0.25) is 0 Å². The van der Waals surface area contributed by atoms with Gasteiger partial charge < -0.3 is 15.5 Å². The number of rotatable bonds is 7. The maximum absolute atomic E-state index is 13.2. The summed E-state index contributed by atoms with van der Waals surface area (Å²) in [5.41, 5.74) is -1.21. The van der Waals surface area contributed by atoms with E-state index < -0.39 is 17.6 Å². The van der Waals surface area contributed by atoms with Crippen LogP contribution in [0, 0.1) is 5.82 Å². The Bertz CT molecular complexity index is 635. The molecular weight excluding hydrogens is 372 g/mol. The number of aliphatic imine (C=N–C) groups is 1. The zero-order valence-corrected chi connectivity index (χ0v) is 15.6. The van der Waals surface area contributed by atoms with E-state index in [1.54, 1.807) is 25.9 Å². The van der Waals surface area contributed by atoms with Crippen molar-refractivity contribution >= 4 is 23.6 Å². The van der Waals surface area contributed by atoms with E-state index in [2.05, 4.69) is 15.6 Å². The number of hydrogen-bond acceptors (Lipinski definition) is 3. The number of hydrogen-bond donors (Lipinski definition) is 2. The number of halogens is 4. The predicted molar refractivity (Wildman–Crippen MR) is 95.6 cm³/mol. The van der Waals surface area contributed by atoms with Crippen LogP contribution >= 0.6 is 11.8 Å². The first-order valence-corrected chi connectivity index (χ1v) is 9.11. The number of nitrogens with one attached hydrogen (secondary N) is 2. The molecule has 10 heteroatoms. The average Bonchev–Trinajstić information content (AvgIpc) is 2.56. The van der Waals surface area contributed by atoms with E-state index in [9.17, 15) is 22.4 Å². The molecule has 2 N–H and O–H groups in total. The second-order valence-electron chi connectivity index (χ2n) is 5.53. The molecule has 0 unspecified atom stereocenters. The van der Waals surface area contributed by atoms with Crippen molar-refractivity contribution in [3.63, 3.8) is 0 Å². The molecule has 1 aromatic carbocycles. The third kappa shape index (κ3) is 7.51. The van der Waals surface area contributed by atoms with E-state index in [-0.39, 0.29) is 30.5 Å². The second-order valence-corrected chi connectivity index (χ2v) is 6.51. The molecule has 0 atom stereocenters. The second kappa shape index (κ2) is 10.2. The summed E-state index contributed by atoms with van der Waals surface area (Å²) in [6.07, 6.45) is -2.76. The summed E-state index contributed by atoms with van der Waals surface area (Å²) in [6.45, 7) is 0.173. The number of carbonyl (C=O) groups excluding carboxylic acids is 1. The normalized spacial score (nSPS) is 12.0. The summed E-state index contributed by atoms with van der Waals surface area (Å²) in [6, 6.07) is 2.48. The lowest BCUT2D eigenvalue weighted by Gasteiger charge is -2.16. The maximum atomic E-state index is 13.2. The van der Waals surface area contributed by atoms with Crippen molar-refractivity contribution in [1.29, 1.82) is 0 Å². The lowest BCUT2D eigenvalue weighted by molar-refractivity contribution is -0.138. The van der Waals surface area contributed by atoms with Gasteiger partial charge in [0.2, 0.25) is 5.91 Å². The predicted octanol–water partition coefficient (Wildman–Crippen LogP) is 2.33. The summed E-state index contributed by atoms with van der Waals surface area (Å²) >= 11 is 1.58. The molecule has 146 valence electrons. The molecule has 0 heterocycles. The van der Waals surface area contributed by atoms with Gasteiger partial charge in [-0.15, -0.1) is 0 Å². The topological polar surface area (TPSA) is 56.7 Å². The van der Waals surface area contributed by atoms with Gasteiger partial charge in [-0.2, -0.15) is 24.9 Å². The van der Waals surface area contributed by atoms with Crippen molar-refractivity contribution in [2.45, 2.75) is 12.7 Å². The first kappa shape index (κ1) is 22.1. The smallest absolute Gasteiger partial charge is 0.356 e. The Hall–Kier alpha value is -1.97. The molecule has 0 saturated heterocycles. The van der Waals surface area contributed by atoms with E-state index in [4.69, 9.17) is 0 Å². The quantitative estimate of drug-likeness (QED) is 0.323. The van der Waals surface area contributed by atoms with E-state index in [1.165, 1.54) is 4.90 Å². The molecule has 1 aromatic rings. The number of carbonyl (C=O) groups is 1. The molecule has 1 rings (SSSR count). The lowest BCUT2D eigenvalue weighted by atomic mass is 10.1. The van der Waals surface area contributed by atoms with Gasteiger partial charge in [0.15, 0.2) is 5.96 Å². The van der Waals surface area contributed by atoms with Gasteiger partial charge >= 0.3 is 6.18 Å². The Morgan fingerprint density at radius 2 is 1.96 bits per heavy atom. The number of nitrogens with zero attached hydrogens (tertiary/aromatic N) is 2. The Kier molecular flexibility index (Phi) is 8.70. The molecular formula is C16H22F4N4OS. The molecule has 0 aliphatic carbocycles. The standard InChI is InChI=1S/C16H22F4N4OS/c1-24(2)14(25)10-23-15(21-6-7-26-3)22-9-11-4-5-12(17)8-13(11)16(18,19)20/h4-5,8H,6-7,9-10H2,1-3H3,(H2,21,22,23). The molecule has 5 nitrogen and oxygen atoms in total. The van der Waals surface area contributed by atoms with E-state index in [0.29, 0.717) is 12.6 Å². The van der Waals surface area contributed by atoms with E-state index in [0.717, 1.165) is 17.9 Å². The molecule has 0 aliphatic rings. The summed E-state index contributed by atoms with van der Waals surface area (Å²) in [5, 5.41) is 5.73. The van der Waals surface area contributed by atoms with Gasteiger partial charge in [-0.1, -0.05) is 6.07 Å². The molecule has 0 aliphatic heterocycles. The first-order valence-electron chi connectivity index (χ1n) is 7.72. The number of likely N-dealkylation sites (N-methyl/N-ethyl adjacent to an activating group) is 1. The van der Waals surface area contributed by atoms with E-state index in [1.807, 2.05) is 6.26 Å². The Morgan fingerprint density at radius 3 is 2.54 bits per heavy atom. The van der Waals surface area contributed by atoms with Gasteiger partial charge in [0.05, 0.1) is 18.7 Å². The fraction of sp³-hybridized carbons (Fsp3) is 0.500. The number of amides is 1. The maximum Gasteiger partial charge on any atom is 0.416 e. The Morgan fingerprint density at radius 1 is 1.27 bits per heavy atom. The van der Waals surface area contributed by atoms with Gasteiger partial charge in [-0.25, -0.2) is 9.38 Å². The van der Waals surface area contributed by atoms with Crippen molar-refractivity contribution < 1.29 is 22.4 Å². The van der Waals surface area contributed by atoms with Gasteiger partial charge in [-0.3, -0.25) is 4.79 Å². The summed E-state index contributed by atoms with van der Waals surface area (Å²) in [5.74, 6) is -0.195. The van der Waals surface area contributed by atoms with Crippen LogP contribution in [0.5, 0.6) is 0 Å². The summed E-state index contributed by atoms with van der Waals surface area (Å²) in [7, 11) is 3.19. The van der Waals surface area contributed by atoms with E-state index >= 15 is 0 Å². The van der Waals surface area contributed by atoms with Crippen LogP contribution in [0.25, 0.3) is 0 Å². The van der Waals surface area contributed by atoms with Crippen LogP contribution < -0.4 is 10.6 Å². The van der Waals surface area contributed by atoms with Crippen molar-refractivity contribution in [2.24, 2.45) is 4.99 Å². The van der Waals surface area contributed by atoms with Crippen LogP contribution in [0.15, 0.2) is 23.2 Å². The van der Waals surface area contributed by atoms with Crippen LogP contribution in [0.1, 0.15) is 11.1 Å². The van der Waals surface area contributed by atoms with Crippen LogP contribution in [0.4, 0.5) is 17.6 Å². The molecule has 1 amide bonds. The van der Waals surface area contributed by atoms with Crippen molar-refractivity contribution in [2.75, 3.05) is 39.2 Å². The SMILES string of the molecule is CSCCNC(=NCc1ccc(F)cc1C(F)(F)F)NCC(=O)N(C)C. The Balaban J connectivity index is 2.93. The van der Waals surface area contributed by atoms with Crippen molar-refractivity contribution in [3.05, 3.63) is 35.1 Å². The third-order valence-corrected chi connectivity index (χ3v) is 3.90. The first-order chi connectivity index (χ1) is 12.1. The summed E-state index contributed by atoms with van der Waals surface area (Å²) < 4.78 is 52.3. The molecule has 0 spiro atoms. The van der Waals surface area contributed by atoms with Crippen molar-refractivity contribution in [1.82, 2.24) is 15.5 Å². The monoisotopic (exact) mass is 394 g/mol. The van der Waals surface area contributed by atoms with Crippen LogP contribution in [-0.2, 0) is 17.5 Å². The number of guanidine groups is 1. The molecule has 26 heavy (non-hydrogen) atoms. The number of benzene rings is 1. The number of thioether (sulfide) groups is 1. The molecule has 0 aromatic heterocycles. The Labute approximate surface area is 154 Å². The number of alkyl halides is 3. The van der Waals surface area contributed by atoms with Gasteiger partial charge in [0.25, 0.3) is 0 Å². The van der Waals surface area contributed by atoms with Crippen molar-refractivity contribution in [3.8, 4) is 0 Å². The largest absolute Gasteiger partial charge is 0.416 e. The van der Waals surface area contributed by atoms with Crippen LogP contribution in [0.3, 0.4) is 0 Å². The third-order valence-electron chi connectivity index (χ3n) is 3.29.